The fraction of sp³-hybridized carbons (Fsp3) is 0.333. The highest BCUT2D eigenvalue weighted by atomic mass is 16.6. The third-order valence-corrected chi connectivity index (χ3v) is 4.60. The molecule has 0 bridgehead atoms. The van der Waals surface area contributed by atoms with Crippen LogP contribution in [0, 0.1) is 17.0 Å². The highest BCUT2D eigenvalue weighted by Crippen LogP contribution is 2.22. The van der Waals surface area contributed by atoms with Gasteiger partial charge in [-0.15, -0.1) is 0 Å². The first-order valence-electron chi connectivity index (χ1n) is 8.35. The van der Waals surface area contributed by atoms with Gasteiger partial charge in [0, 0.05) is 36.3 Å². The standard InChI is InChI=1S/C18H19N3O5/c1-12-14(4-2-5-15(12)21(24)25)17(22)19-13-7-9-20(10-8-13)18(23)16-6-3-11-26-16/h2-6,11,13H,7-10H2,1H3,(H,19,22). The zero-order valence-electron chi connectivity index (χ0n) is 14.3. The Morgan fingerprint density at radius 1 is 1.23 bits per heavy atom. The van der Waals surface area contributed by atoms with Crippen LogP contribution in [0.25, 0.3) is 0 Å². The number of piperidine rings is 1. The molecule has 0 spiro atoms. The van der Waals surface area contributed by atoms with Crippen molar-refractivity contribution in [1.29, 1.82) is 0 Å². The minimum Gasteiger partial charge on any atom is -0.459 e. The summed E-state index contributed by atoms with van der Waals surface area (Å²) in [6.45, 7) is 2.59. The molecule has 1 saturated heterocycles. The lowest BCUT2D eigenvalue weighted by atomic mass is 10.0. The first-order chi connectivity index (χ1) is 12.5. The summed E-state index contributed by atoms with van der Waals surface area (Å²) >= 11 is 0. The molecule has 2 amide bonds. The molecule has 1 N–H and O–H groups in total. The molecule has 3 rings (SSSR count). The Hall–Kier alpha value is -3.16. The van der Waals surface area contributed by atoms with Gasteiger partial charge in [-0.3, -0.25) is 19.7 Å². The second-order valence-corrected chi connectivity index (χ2v) is 6.22. The van der Waals surface area contributed by atoms with E-state index in [2.05, 4.69) is 5.32 Å². The Kier molecular flexibility index (Phi) is 5.01. The van der Waals surface area contributed by atoms with E-state index < -0.39 is 4.92 Å². The van der Waals surface area contributed by atoms with E-state index in [0.717, 1.165) is 0 Å². The molecular weight excluding hydrogens is 338 g/mol. The molecule has 2 heterocycles. The second kappa shape index (κ2) is 7.38. The van der Waals surface area contributed by atoms with Gasteiger partial charge in [-0.2, -0.15) is 0 Å². The van der Waals surface area contributed by atoms with E-state index in [1.165, 1.54) is 18.4 Å². The predicted molar refractivity (Wildman–Crippen MR) is 92.9 cm³/mol. The number of hydrogen-bond acceptors (Lipinski definition) is 5. The van der Waals surface area contributed by atoms with Gasteiger partial charge in [-0.05, 0) is 38.0 Å². The summed E-state index contributed by atoms with van der Waals surface area (Å²) in [5.74, 6) is -0.184. The Balaban J connectivity index is 1.60. The molecule has 136 valence electrons. The largest absolute Gasteiger partial charge is 0.459 e. The summed E-state index contributed by atoms with van der Waals surface area (Å²) in [5, 5.41) is 13.9. The van der Waals surface area contributed by atoms with Crippen LogP contribution >= 0.6 is 0 Å². The molecule has 0 saturated carbocycles. The maximum atomic E-state index is 12.5. The number of hydrogen-bond donors (Lipinski definition) is 1. The minimum atomic E-state index is -0.495. The molecule has 1 aromatic heterocycles. The minimum absolute atomic E-state index is 0.0727. The summed E-state index contributed by atoms with van der Waals surface area (Å²) in [4.78, 5) is 36.9. The predicted octanol–water partition coefficient (Wildman–Crippen LogP) is 2.53. The van der Waals surface area contributed by atoms with Crippen molar-refractivity contribution < 1.29 is 18.9 Å². The fourth-order valence-corrected chi connectivity index (χ4v) is 3.11. The molecule has 8 heteroatoms. The van der Waals surface area contributed by atoms with Crippen molar-refractivity contribution in [2.24, 2.45) is 0 Å². The molecule has 0 unspecified atom stereocenters. The molecule has 1 aliphatic rings. The molecule has 1 aliphatic heterocycles. The van der Waals surface area contributed by atoms with E-state index in [9.17, 15) is 19.7 Å². The number of nitro groups is 1. The zero-order valence-corrected chi connectivity index (χ0v) is 14.3. The van der Waals surface area contributed by atoms with Crippen molar-refractivity contribution in [2.45, 2.75) is 25.8 Å². The summed E-state index contributed by atoms with van der Waals surface area (Å²) in [7, 11) is 0. The summed E-state index contributed by atoms with van der Waals surface area (Å²) in [6, 6.07) is 7.67. The molecular formula is C18H19N3O5. The first-order valence-corrected chi connectivity index (χ1v) is 8.35. The van der Waals surface area contributed by atoms with Crippen LogP contribution in [0.5, 0.6) is 0 Å². The summed E-state index contributed by atoms with van der Waals surface area (Å²) in [6.07, 6.45) is 2.69. The zero-order chi connectivity index (χ0) is 18.7. The van der Waals surface area contributed by atoms with E-state index in [-0.39, 0.29) is 23.5 Å². The van der Waals surface area contributed by atoms with E-state index in [0.29, 0.717) is 42.8 Å². The maximum Gasteiger partial charge on any atom is 0.289 e. The molecule has 0 atom stereocenters. The highest BCUT2D eigenvalue weighted by Gasteiger charge is 2.27. The fourth-order valence-electron chi connectivity index (χ4n) is 3.11. The Labute approximate surface area is 149 Å². The Bertz CT molecular complexity index is 823. The van der Waals surface area contributed by atoms with Gasteiger partial charge in [-0.1, -0.05) is 6.07 Å². The molecule has 8 nitrogen and oxygen atoms in total. The quantitative estimate of drug-likeness (QED) is 0.668. The number of carbonyl (C=O) groups excluding carboxylic acids is 2. The number of rotatable bonds is 4. The van der Waals surface area contributed by atoms with E-state index in [1.54, 1.807) is 30.0 Å². The van der Waals surface area contributed by atoms with Crippen LogP contribution < -0.4 is 5.32 Å². The third kappa shape index (κ3) is 3.58. The first kappa shape index (κ1) is 17.7. The number of benzene rings is 1. The second-order valence-electron chi connectivity index (χ2n) is 6.22. The van der Waals surface area contributed by atoms with Crippen LogP contribution in [0.2, 0.25) is 0 Å². The van der Waals surface area contributed by atoms with Crippen molar-refractivity contribution in [2.75, 3.05) is 13.1 Å². The molecule has 1 aromatic carbocycles. The van der Waals surface area contributed by atoms with Crippen molar-refractivity contribution in [3.8, 4) is 0 Å². The van der Waals surface area contributed by atoms with E-state index >= 15 is 0 Å². The van der Waals surface area contributed by atoms with Crippen LogP contribution in [0.3, 0.4) is 0 Å². The monoisotopic (exact) mass is 357 g/mol. The van der Waals surface area contributed by atoms with Crippen LogP contribution in [0.4, 0.5) is 5.69 Å². The van der Waals surface area contributed by atoms with Gasteiger partial charge < -0.3 is 14.6 Å². The lowest BCUT2D eigenvalue weighted by Crippen LogP contribution is -2.46. The Morgan fingerprint density at radius 2 is 1.96 bits per heavy atom. The lowest BCUT2D eigenvalue weighted by Gasteiger charge is -2.32. The van der Waals surface area contributed by atoms with E-state index in [1.807, 2.05) is 0 Å². The van der Waals surface area contributed by atoms with Gasteiger partial charge in [0.1, 0.15) is 0 Å². The highest BCUT2D eigenvalue weighted by molar-refractivity contribution is 5.96. The maximum absolute atomic E-state index is 12.5. The molecule has 2 aromatic rings. The number of nitro benzene ring substituents is 1. The van der Waals surface area contributed by atoms with Gasteiger partial charge in [0.05, 0.1) is 11.2 Å². The third-order valence-electron chi connectivity index (χ3n) is 4.60. The van der Waals surface area contributed by atoms with Gasteiger partial charge >= 0.3 is 0 Å². The van der Waals surface area contributed by atoms with Crippen molar-refractivity contribution in [3.05, 3.63) is 63.6 Å². The lowest BCUT2D eigenvalue weighted by molar-refractivity contribution is -0.385. The van der Waals surface area contributed by atoms with Gasteiger partial charge in [-0.25, -0.2) is 0 Å². The summed E-state index contributed by atoms with van der Waals surface area (Å²) < 4.78 is 5.13. The van der Waals surface area contributed by atoms with Crippen LogP contribution in [-0.4, -0.2) is 40.8 Å². The number of amides is 2. The average Bonchev–Trinajstić information content (AvgIpc) is 3.16. The SMILES string of the molecule is Cc1c(C(=O)NC2CCN(C(=O)c3ccco3)CC2)cccc1[N+](=O)[O-]. The van der Waals surface area contributed by atoms with Crippen LogP contribution in [0.15, 0.2) is 41.0 Å². The van der Waals surface area contributed by atoms with Gasteiger partial charge in [0.15, 0.2) is 5.76 Å². The van der Waals surface area contributed by atoms with Crippen molar-refractivity contribution in [1.82, 2.24) is 10.2 Å². The van der Waals surface area contributed by atoms with Crippen molar-refractivity contribution in [3.63, 3.8) is 0 Å². The number of carbonyl (C=O) groups is 2. The Morgan fingerprint density at radius 3 is 2.58 bits per heavy atom. The topological polar surface area (TPSA) is 106 Å². The molecule has 1 fully saturated rings. The van der Waals surface area contributed by atoms with Crippen molar-refractivity contribution >= 4 is 17.5 Å². The smallest absolute Gasteiger partial charge is 0.289 e. The van der Waals surface area contributed by atoms with E-state index in [4.69, 9.17) is 4.42 Å². The molecule has 0 radical (unpaired) electrons. The summed E-state index contributed by atoms with van der Waals surface area (Å²) in [5.41, 5.74) is 0.574. The number of nitrogens with one attached hydrogen (secondary N) is 1. The average molecular weight is 357 g/mol. The number of nitrogens with zero attached hydrogens (tertiary/aromatic N) is 2. The van der Waals surface area contributed by atoms with Gasteiger partial charge in [0.2, 0.25) is 0 Å². The van der Waals surface area contributed by atoms with Crippen LogP contribution in [0.1, 0.15) is 39.3 Å². The molecule has 0 aliphatic carbocycles. The molecule has 26 heavy (non-hydrogen) atoms. The van der Waals surface area contributed by atoms with Crippen LogP contribution in [-0.2, 0) is 0 Å². The number of likely N-dealkylation sites (tertiary alicyclic amines) is 1. The normalized spacial score (nSPS) is 14.9. The van der Waals surface area contributed by atoms with Gasteiger partial charge in [0.25, 0.3) is 17.5 Å². The number of furan rings is 1.